The molecule has 0 radical (unpaired) electrons. The molecule has 0 amide bonds. The Morgan fingerprint density at radius 2 is 1.90 bits per heavy atom. The molecular formula is C23H24N4O3. The van der Waals surface area contributed by atoms with Crippen LogP contribution >= 0.6 is 0 Å². The van der Waals surface area contributed by atoms with Crippen LogP contribution in [0.5, 0.6) is 5.75 Å². The predicted molar refractivity (Wildman–Crippen MR) is 116 cm³/mol. The Bertz CT molecular complexity index is 1130. The van der Waals surface area contributed by atoms with Gasteiger partial charge in [0.2, 0.25) is 0 Å². The van der Waals surface area contributed by atoms with Crippen molar-refractivity contribution in [3.05, 3.63) is 72.1 Å². The second-order valence-corrected chi connectivity index (χ2v) is 6.92. The van der Waals surface area contributed by atoms with E-state index in [0.717, 1.165) is 39.2 Å². The lowest BCUT2D eigenvalue weighted by atomic mass is 10.1. The van der Waals surface area contributed by atoms with E-state index in [2.05, 4.69) is 32.4 Å². The summed E-state index contributed by atoms with van der Waals surface area (Å²) in [6.07, 6.45) is 1.53. The SMILES string of the molecule is COC[C@@H](Nc1ncnc2[nH]c(-c3ccc(CO)cc3OC)cc12)c1ccccc1. The van der Waals surface area contributed by atoms with Gasteiger partial charge >= 0.3 is 0 Å². The average Bonchev–Trinajstić information content (AvgIpc) is 3.24. The van der Waals surface area contributed by atoms with Crippen LogP contribution in [0.2, 0.25) is 0 Å². The summed E-state index contributed by atoms with van der Waals surface area (Å²) < 4.78 is 10.9. The zero-order valence-corrected chi connectivity index (χ0v) is 16.9. The molecule has 7 nitrogen and oxygen atoms in total. The van der Waals surface area contributed by atoms with E-state index in [9.17, 15) is 5.11 Å². The zero-order chi connectivity index (χ0) is 20.9. The topological polar surface area (TPSA) is 92.3 Å². The monoisotopic (exact) mass is 404 g/mol. The van der Waals surface area contributed by atoms with Crippen molar-refractivity contribution in [2.75, 3.05) is 26.1 Å². The van der Waals surface area contributed by atoms with E-state index >= 15 is 0 Å². The second-order valence-electron chi connectivity index (χ2n) is 6.92. The predicted octanol–water partition coefficient (Wildman–Crippen LogP) is 3.93. The maximum Gasteiger partial charge on any atom is 0.143 e. The fourth-order valence-corrected chi connectivity index (χ4v) is 3.49. The normalized spacial score (nSPS) is 12.1. The minimum Gasteiger partial charge on any atom is -0.496 e. The van der Waals surface area contributed by atoms with Crippen molar-refractivity contribution in [2.45, 2.75) is 12.6 Å². The molecule has 0 saturated heterocycles. The molecule has 0 spiro atoms. The third kappa shape index (κ3) is 3.98. The molecule has 2 aromatic carbocycles. The number of nitrogens with one attached hydrogen (secondary N) is 2. The number of aliphatic hydroxyl groups is 1. The molecule has 7 heteroatoms. The number of rotatable bonds is 8. The first-order chi connectivity index (χ1) is 14.7. The average molecular weight is 404 g/mol. The highest BCUT2D eigenvalue weighted by Crippen LogP contribution is 2.34. The maximum absolute atomic E-state index is 9.39. The highest BCUT2D eigenvalue weighted by atomic mass is 16.5. The van der Waals surface area contributed by atoms with E-state index in [1.165, 1.54) is 6.33 Å². The first-order valence-electron chi connectivity index (χ1n) is 9.65. The number of aliphatic hydroxyl groups excluding tert-OH is 1. The van der Waals surface area contributed by atoms with Gasteiger partial charge < -0.3 is 24.9 Å². The number of aromatic nitrogens is 3. The van der Waals surface area contributed by atoms with Gasteiger partial charge in [-0.3, -0.25) is 0 Å². The Labute approximate surface area is 174 Å². The minimum atomic E-state index is -0.0500. The van der Waals surface area contributed by atoms with Crippen LogP contribution in [0.25, 0.3) is 22.3 Å². The van der Waals surface area contributed by atoms with E-state index in [1.54, 1.807) is 14.2 Å². The van der Waals surface area contributed by atoms with Crippen LogP contribution < -0.4 is 10.1 Å². The smallest absolute Gasteiger partial charge is 0.143 e. The van der Waals surface area contributed by atoms with E-state index in [-0.39, 0.29) is 12.6 Å². The van der Waals surface area contributed by atoms with Crippen molar-refractivity contribution < 1.29 is 14.6 Å². The maximum atomic E-state index is 9.39. The molecule has 0 aliphatic rings. The summed E-state index contributed by atoms with van der Waals surface area (Å²) in [7, 11) is 3.30. The molecule has 0 saturated carbocycles. The van der Waals surface area contributed by atoms with Crippen molar-refractivity contribution in [1.82, 2.24) is 15.0 Å². The van der Waals surface area contributed by atoms with Gasteiger partial charge in [0.05, 0.1) is 37.4 Å². The molecular weight excluding hydrogens is 380 g/mol. The molecule has 0 aliphatic heterocycles. The Hall–Kier alpha value is -3.42. The summed E-state index contributed by atoms with van der Waals surface area (Å²) in [5.74, 6) is 1.40. The fourth-order valence-electron chi connectivity index (χ4n) is 3.49. The quantitative estimate of drug-likeness (QED) is 0.412. The summed E-state index contributed by atoms with van der Waals surface area (Å²) in [5.41, 5.74) is 4.37. The fraction of sp³-hybridized carbons (Fsp3) is 0.217. The lowest BCUT2D eigenvalue weighted by molar-refractivity contribution is 0.186. The van der Waals surface area contributed by atoms with Gasteiger partial charge in [-0.2, -0.15) is 0 Å². The lowest BCUT2D eigenvalue weighted by Gasteiger charge is -2.19. The number of hydrogen-bond donors (Lipinski definition) is 3. The standard InChI is InChI=1S/C23H24N4O3/c1-29-13-20(16-6-4-3-5-7-16)27-23-18-11-19(26-22(18)24-14-25-23)17-9-8-15(12-28)10-21(17)30-2/h3-11,14,20,28H,12-13H2,1-2H3,(H2,24,25,26,27)/t20-/m1/s1. The number of hydrogen-bond acceptors (Lipinski definition) is 6. The van der Waals surface area contributed by atoms with Crippen LogP contribution in [0.15, 0.2) is 60.9 Å². The Morgan fingerprint density at radius 1 is 1.07 bits per heavy atom. The van der Waals surface area contributed by atoms with Crippen LogP contribution in [0.4, 0.5) is 5.82 Å². The van der Waals surface area contributed by atoms with Crippen LogP contribution in [0.1, 0.15) is 17.2 Å². The van der Waals surface area contributed by atoms with Crippen LogP contribution in [0, 0.1) is 0 Å². The molecule has 2 aromatic heterocycles. The van der Waals surface area contributed by atoms with Crippen molar-refractivity contribution in [2.24, 2.45) is 0 Å². The largest absolute Gasteiger partial charge is 0.496 e. The van der Waals surface area contributed by atoms with Crippen LogP contribution in [-0.2, 0) is 11.3 Å². The van der Waals surface area contributed by atoms with Gasteiger partial charge in [0.15, 0.2) is 0 Å². The summed E-state index contributed by atoms with van der Waals surface area (Å²) in [4.78, 5) is 12.2. The van der Waals surface area contributed by atoms with Gasteiger partial charge in [0.25, 0.3) is 0 Å². The van der Waals surface area contributed by atoms with E-state index in [1.807, 2.05) is 42.5 Å². The second kappa shape index (κ2) is 8.94. The van der Waals surface area contributed by atoms with E-state index < -0.39 is 0 Å². The van der Waals surface area contributed by atoms with Crippen LogP contribution in [0.3, 0.4) is 0 Å². The first kappa shape index (κ1) is 19.9. The summed E-state index contributed by atoms with van der Waals surface area (Å²) >= 11 is 0. The summed E-state index contributed by atoms with van der Waals surface area (Å²) in [5, 5.41) is 13.8. The van der Waals surface area contributed by atoms with E-state index in [4.69, 9.17) is 9.47 Å². The van der Waals surface area contributed by atoms with Crippen LogP contribution in [-0.4, -0.2) is 40.9 Å². The summed E-state index contributed by atoms with van der Waals surface area (Å²) in [6, 6.07) is 17.7. The first-order valence-corrected chi connectivity index (χ1v) is 9.65. The molecule has 0 unspecified atom stereocenters. The van der Waals surface area contributed by atoms with Crippen molar-refractivity contribution in [3.63, 3.8) is 0 Å². The zero-order valence-electron chi connectivity index (χ0n) is 16.9. The van der Waals surface area contributed by atoms with Gasteiger partial charge in [-0.05, 0) is 29.3 Å². The molecule has 1 atom stereocenters. The number of methoxy groups -OCH3 is 2. The van der Waals surface area contributed by atoms with Crippen molar-refractivity contribution >= 4 is 16.9 Å². The Kier molecular flexibility index (Phi) is 5.92. The Morgan fingerprint density at radius 3 is 2.63 bits per heavy atom. The molecule has 2 heterocycles. The number of benzene rings is 2. The van der Waals surface area contributed by atoms with Gasteiger partial charge in [0, 0.05) is 12.7 Å². The highest BCUT2D eigenvalue weighted by Gasteiger charge is 2.17. The third-order valence-electron chi connectivity index (χ3n) is 5.01. The van der Waals surface area contributed by atoms with Gasteiger partial charge in [0.1, 0.15) is 23.5 Å². The van der Waals surface area contributed by atoms with Gasteiger partial charge in [-0.1, -0.05) is 36.4 Å². The highest BCUT2D eigenvalue weighted by molar-refractivity contribution is 5.92. The molecule has 0 aliphatic carbocycles. The molecule has 4 rings (SSSR count). The van der Waals surface area contributed by atoms with E-state index in [0.29, 0.717) is 12.4 Å². The molecule has 4 aromatic rings. The molecule has 30 heavy (non-hydrogen) atoms. The number of ether oxygens (including phenoxy) is 2. The molecule has 0 bridgehead atoms. The van der Waals surface area contributed by atoms with Crippen molar-refractivity contribution in [3.8, 4) is 17.0 Å². The third-order valence-corrected chi connectivity index (χ3v) is 5.01. The number of fused-ring (bicyclic) bond motifs is 1. The molecule has 154 valence electrons. The number of anilines is 1. The number of aromatic amines is 1. The summed E-state index contributed by atoms with van der Waals surface area (Å²) in [6.45, 7) is 0.465. The molecule has 3 N–H and O–H groups in total. The minimum absolute atomic E-state index is 0.0384. The number of H-pyrrole nitrogens is 1. The number of nitrogens with zero attached hydrogens (tertiary/aromatic N) is 2. The lowest BCUT2D eigenvalue weighted by Crippen LogP contribution is -2.17. The molecule has 0 fully saturated rings. The Balaban J connectivity index is 1.72. The van der Waals surface area contributed by atoms with Gasteiger partial charge in [-0.25, -0.2) is 9.97 Å². The van der Waals surface area contributed by atoms with Gasteiger partial charge in [-0.15, -0.1) is 0 Å². The van der Waals surface area contributed by atoms with Crippen molar-refractivity contribution in [1.29, 1.82) is 0 Å².